The lowest BCUT2D eigenvalue weighted by Crippen LogP contribution is -2.25. The van der Waals surface area contributed by atoms with Crippen molar-refractivity contribution in [3.8, 4) is 0 Å². The van der Waals surface area contributed by atoms with E-state index in [0.717, 1.165) is 18.6 Å². The number of halogens is 3. The van der Waals surface area contributed by atoms with Crippen molar-refractivity contribution >= 4 is 0 Å². The average Bonchev–Trinajstić information content (AvgIpc) is 2.27. The van der Waals surface area contributed by atoms with Crippen LogP contribution in [0.2, 0.25) is 0 Å². The molecule has 1 aromatic rings. The Labute approximate surface area is 106 Å². The summed E-state index contributed by atoms with van der Waals surface area (Å²) in [6.07, 6.45) is -2.51. The van der Waals surface area contributed by atoms with Crippen LogP contribution in [0.25, 0.3) is 0 Å². The lowest BCUT2D eigenvalue weighted by molar-refractivity contribution is -0.137. The van der Waals surface area contributed by atoms with E-state index in [2.05, 4.69) is 0 Å². The molecule has 102 valence electrons. The summed E-state index contributed by atoms with van der Waals surface area (Å²) in [5, 5.41) is 10.5. The van der Waals surface area contributed by atoms with Gasteiger partial charge in [0.25, 0.3) is 0 Å². The van der Waals surface area contributed by atoms with E-state index >= 15 is 0 Å². The van der Waals surface area contributed by atoms with Crippen LogP contribution in [0.3, 0.4) is 0 Å². The van der Waals surface area contributed by atoms with Gasteiger partial charge in [-0.3, -0.25) is 0 Å². The predicted octanol–water partition coefficient (Wildman–Crippen LogP) is 4.41. The van der Waals surface area contributed by atoms with Gasteiger partial charge < -0.3 is 5.11 Å². The van der Waals surface area contributed by atoms with Gasteiger partial charge in [-0.25, -0.2) is 0 Å². The minimum absolute atomic E-state index is 0.489. The van der Waals surface area contributed by atoms with Crippen molar-refractivity contribution in [3.63, 3.8) is 0 Å². The zero-order valence-corrected chi connectivity index (χ0v) is 10.9. The van der Waals surface area contributed by atoms with Gasteiger partial charge in [-0.05, 0) is 43.0 Å². The number of aliphatic hydroxyl groups is 1. The van der Waals surface area contributed by atoms with E-state index in [9.17, 15) is 18.3 Å². The van der Waals surface area contributed by atoms with E-state index in [-0.39, 0.29) is 0 Å². The standard InChI is InChI=1S/C14H19F3O/c1-4-8-13(18,5-2)12-7-6-11(9-10(12)3)14(15,16)17/h6-7,9,18H,4-5,8H2,1-3H3. The first-order chi connectivity index (χ1) is 8.24. The molecule has 1 atom stereocenters. The van der Waals surface area contributed by atoms with Crippen LogP contribution in [0, 0.1) is 6.92 Å². The van der Waals surface area contributed by atoms with Crippen LogP contribution in [0.4, 0.5) is 13.2 Å². The molecule has 0 bridgehead atoms. The molecule has 0 radical (unpaired) electrons. The number of hydrogen-bond donors (Lipinski definition) is 1. The molecule has 0 amide bonds. The second kappa shape index (κ2) is 5.31. The fraction of sp³-hybridized carbons (Fsp3) is 0.571. The van der Waals surface area contributed by atoms with Crippen LogP contribution in [0.15, 0.2) is 18.2 Å². The normalized spacial score (nSPS) is 15.5. The van der Waals surface area contributed by atoms with Gasteiger partial charge in [0, 0.05) is 0 Å². The number of hydrogen-bond acceptors (Lipinski definition) is 1. The Kier molecular flexibility index (Phi) is 4.43. The van der Waals surface area contributed by atoms with Crippen LogP contribution in [-0.2, 0) is 11.8 Å². The molecule has 0 aliphatic carbocycles. The van der Waals surface area contributed by atoms with E-state index in [1.807, 2.05) is 13.8 Å². The van der Waals surface area contributed by atoms with Crippen molar-refractivity contribution in [3.05, 3.63) is 34.9 Å². The Bertz CT molecular complexity index is 412. The van der Waals surface area contributed by atoms with Crippen molar-refractivity contribution in [2.75, 3.05) is 0 Å². The summed E-state index contributed by atoms with van der Waals surface area (Å²) >= 11 is 0. The average molecular weight is 260 g/mol. The first-order valence-electron chi connectivity index (χ1n) is 6.15. The summed E-state index contributed by atoms with van der Waals surface area (Å²) in [5.74, 6) is 0. The van der Waals surface area contributed by atoms with Gasteiger partial charge in [0.15, 0.2) is 0 Å². The van der Waals surface area contributed by atoms with Gasteiger partial charge in [-0.15, -0.1) is 0 Å². The molecule has 0 heterocycles. The highest BCUT2D eigenvalue weighted by molar-refractivity contribution is 5.36. The third-order valence-corrected chi connectivity index (χ3v) is 3.30. The summed E-state index contributed by atoms with van der Waals surface area (Å²) < 4.78 is 37.7. The van der Waals surface area contributed by atoms with Crippen molar-refractivity contribution in [2.24, 2.45) is 0 Å². The largest absolute Gasteiger partial charge is 0.416 e. The van der Waals surface area contributed by atoms with Gasteiger partial charge in [0.1, 0.15) is 0 Å². The van der Waals surface area contributed by atoms with Crippen LogP contribution >= 0.6 is 0 Å². The highest BCUT2D eigenvalue weighted by Crippen LogP contribution is 2.36. The Hall–Kier alpha value is -1.03. The molecule has 1 N–H and O–H groups in total. The van der Waals surface area contributed by atoms with Crippen molar-refractivity contribution in [1.82, 2.24) is 0 Å². The van der Waals surface area contributed by atoms with E-state index < -0.39 is 17.3 Å². The van der Waals surface area contributed by atoms with E-state index in [0.29, 0.717) is 24.0 Å². The zero-order valence-electron chi connectivity index (χ0n) is 10.9. The molecule has 0 saturated heterocycles. The SMILES string of the molecule is CCCC(O)(CC)c1ccc(C(F)(F)F)cc1C. The summed E-state index contributed by atoms with van der Waals surface area (Å²) in [6.45, 7) is 5.40. The maximum Gasteiger partial charge on any atom is 0.416 e. The fourth-order valence-corrected chi connectivity index (χ4v) is 2.28. The minimum Gasteiger partial charge on any atom is -0.385 e. The Morgan fingerprint density at radius 1 is 1.17 bits per heavy atom. The lowest BCUT2D eigenvalue weighted by atomic mass is 9.84. The molecule has 0 aliphatic rings. The lowest BCUT2D eigenvalue weighted by Gasteiger charge is -2.29. The first-order valence-corrected chi connectivity index (χ1v) is 6.15. The van der Waals surface area contributed by atoms with Gasteiger partial charge in [-0.2, -0.15) is 13.2 Å². The van der Waals surface area contributed by atoms with Crippen LogP contribution in [0.5, 0.6) is 0 Å². The second-order valence-corrected chi connectivity index (χ2v) is 4.66. The molecule has 18 heavy (non-hydrogen) atoms. The van der Waals surface area contributed by atoms with Crippen LogP contribution in [-0.4, -0.2) is 5.11 Å². The molecule has 0 spiro atoms. The maximum atomic E-state index is 12.6. The molecule has 0 aliphatic heterocycles. The van der Waals surface area contributed by atoms with E-state index in [4.69, 9.17) is 0 Å². The fourth-order valence-electron chi connectivity index (χ4n) is 2.28. The topological polar surface area (TPSA) is 20.2 Å². The highest BCUT2D eigenvalue weighted by Gasteiger charge is 2.33. The summed E-state index contributed by atoms with van der Waals surface area (Å²) in [4.78, 5) is 0. The molecule has 1 nitrogen and oxygen atoms in total. The highest BCUT2D eigenvalue weighted by atomic mass is 19.4. The minimum atomic E-state index is -4.33. The molecule has 1 unspecified atom stereocenters. The summed E-state index contributed by atoms with van der Waals surface area (Å²) in [5.41, 5.74) is -0.607. The monoisotopic (exact) mass is 260 g/mol. The molecule has 1 rings (SSSR count). The zero-order chi connectivity index (χ0) is 14.0. The third kappa shape index (κ3) is 3.05. The van der Waals surface area contributed by atoms with Crippen molar-refractivity contribution < 1.29 is 18.3 Å². The predicted molar refractivity (Wildman–Crippen MR) is 65.3 cm³/mol. The third-order valence-electron chi connectivity index (χ3n) is 3.30. The van der Waals surface area contributed by atoms with Gasteiger partial charge in [0.05, 0.1) is 11.2 Å². The van der Waals surface area contributed by atoms with Gasteiger partial charge in [0.2, 0.25) is 0 Å². The van der Waals surface area contributed by atoms with Crippen molar-refractivity contribution in [1.29, 1.82) is 0 Å². The number of rotatable bonds is 4. The maximum absolute atomic E-state index is 12.6. The molecule has 4 heteroatoms. The molecule has 1 aromatic carbocycles. The van der Waals surface area contributed by atoms with E-state index in [1.54, 1.807) is 6.92 Å². The Balaban J connectivity index is 3.20. The quantitative estimate of drug-likeness (QED) is 0.850. The number of aryl methyl sites for hydroxylation is 1. The van der Waals surface area contributed by atoms with E-state index in [1.165, 1.54) is 6.07 Å². The van der Waals surface area contributed by atoms with Crippen LogP contribution in [0.1, 0.15) is 49.8 Å². The summed E-state index contributed by atoms with van der Waals surface area (Å²) in [7, 11) is 0. The molecular weight excluding hydrogens is 241 g/mol. The Morgan fingerprint density at radius 3 is 2.17 bits per heavy atom. The van der Waals surface area contributed by atoms with Gasteiger partial charge in [-0.1, -0.05) is 26.3 Å². The molecule has 0 fully saturated rings. The van der Waals surface area contributed by atoms with Crippen LogP contribution < -0.4 is 0 Å². The first kappa shape index (κ1) is 15.0. The molecule has 0 aromatic heterocycles. The summed E-state index contributed by atoms with van der Waals surface area (Å²) in [6, 6.07) is 3.54. The number of alkyl halides is 3. The number of benzene rings is 1. The molecular formula is C14H19F3O. The smallest absolute Gasteiger partial charge is 0.385 e. The van der Waals surface area contributed by atoms with Gasteiger partial charge >= 0.3 is 6.18 Å². The van der Waals surface area contributed by atoms with Crippen molar-refractivity contribution in [2.45, 2.75) is 51.8 Å². The second-order valence-electron chi connectivity index (χ2n) is 4.66. The Morgan fingerprint density at radius 2 is 1.78 bits per heavy atom. The molecule has 0 saturated carbocycles.